The van der Waals surface area contributed by atoms with Gasteiger partial charge in [-0.1, -0.05) is 6.07 Å². The third kappa shape index (κ3) is 7.49. The van der Waals surface area contributed by atoms with Crippen LogP contribution in [0, 0.1) is 6.92 Å². The third-order valence-corrected chi connectivity index (χ3v) is 4.59. The van der Waals surface area contributed by atoms with Gasteiger partial charge in [-0.05, 0) is 45.9 Å². The summed E-state index contributed by atoms with van der Waals surface area (Å²) >= 11 is 1.85. The quantitative estimate of drug-likeness (QED) is 0.333. The van der Waals surface area contributed by atoms with Crippen molar-refractivity contribution < 1.29 is 4.74 Å². The van der Waals surface area contributed by atoms with E-state index in [1.165, 1.54) is 9.75 Å². The van der Waals surface area contributed by atoms with Crippen molar-refractivity contribution >= 4 is 41.3 Å². The highest BCUT2D eigenvalue weighted by molar-refractivity contribution is 14.0. The number of nitrogens with one attached hydrogen (secondary N) is 2. The lowest BCUT2D eigenvalue weighted by atomic mass is 10.2. The first-order chi connectivity index (χ1) is 12.1. The summed E-state index contributed by atoms with van der Waals surface area (Å²) < 4.78 is 5.57. The normalized spacial score (nSPS) is 12.2. The molecule has 5 nitrogen and oxygen atoms in total. The second-order valence-electron chi connectivity index (χ2n) is 5.86. The monoisotopic (exact) mass is 488 g/mol. The summed E-state index contributed by atoms with van der Waals surface area (Å²) in [6.07, 6.45) is 2.73. The Hall–Kier alpha value is -1.35. The number of thiophene rings is 1. The maximum absolute atomic E-state index is 5.57. The summed E-state index contributed by atoms with van der Waals surface area (Å²) in [5.41, 5.74) is 0.989. The van der Waals surface area contributed by atoms with Crippen molar-refractivity contribution in [1.82, 2.24) is 15.6 Å². The van der Waals surface area contributed by atoms with E-state index >= 15 is 0 Å². The number of guanidine groups is 1. The molecule has 2 N–H and O–H groups in total. The molecule has 1 atom stereocenters. The van der Waals surface area contributed by atoms with Crippen LogP contribution in [0.2, 0.25) is 0 Å². The molecular weight excluding hydrogens is 459 g/mol. The van der Waals surface area contributed by atoms with Gasteiger partial charge >= 0.3 is 0 Å². The molecule has 26 heavy (non-hydrogen) atoms. The first-order valence-electron chi connectivity index (χ1n) is 8.79. The smallest absolute Gasteiger partial charge is 0.218 e. The Kier molecular flexibility index (Phi) is 10.6. The van der Waals surface area contributed by atoms with E-state index in [2.05, 4.69) is 48.5 Å². The molecule has 0 saturated heterocycles. The first kappa shape index (κ1) is 22.7. The van der Waals surface area contributed by atoms with Gasteiger partial charge in [-0.2, -0.15) is 0 Å². The number of halogens is 1. The second kappa shape index (κ2) is 12.1. The van der Waals surface area contributed by atoms with Crippen LogP contribution in [0.4, 0.5) is 0 Å². The van der Waals surface area contributed by atoms with Crippen LogP contribution in [-0.4, -0.2) is 30.1 Å². The van der Waals surface area contributed by atoms with Crippen molar-refractivity contribution in [2.45, 2.75) is 46.7 Å². The second-order valence-corrected chi connectivity index (χ2v) is 7.23. The van der Waals surface area contributed by atoms with E-state index in [1.807, 2.05) is 30.4 Å². The van der Waals surface area contributed by atoms with Crippen molar-refractivity contribution in [1.29, 1.82) is 0 Å². The van der Waals surface area contributed by atoms with Crippen LogP contribution < -0.4 is 15.4 Å². The number of rotatable bonds is 8. The highest BCUT2D eigenvalue weighted by Gasteiger charge is 2.09. The number of aryl methyl sites for hydroxylation is 1. The number of ether oxygens (including phenoxy) is 1. The Bertz CT molecular complexity index is 690. The summed E-state index contributed by atoms with van der Waals surface area (Å²) in [4.78, 5) is 11.7. The van der Waals surface area contributed by atoms with E-state index in [9.17, 15) is 0 Å². The van der Waals surface area contributed by atoms with Crippen LogP contribution in [0.1, 0.15) is 36.1 Å². The maximum atomic E-state index is 5.57. The molecule has 1 unspecified atom stereocenters. The van der Waals surface area contributed by atoms with E-state index < -0.39 is 0 Å². The van der Waals surface area contributed by atoms with Crippen molar-refractivity contribution in [3.05, 3.63) is 45.8 Å². The first-order valence-corrected chi connectivity index (χ1v) is 9.60. The van der Waals surface area contributed by atoms with E-state index in [-0.39, 0.29) is 24.0 Å². The average Bonchev–Trinajstić information content (AvgIpc) is 2.99. The van der Waals surface area contributed by atoms with Gasteiger partial charge in [0.15, 0.2) is 5.96 Å². The summed E-state index contributed by atoms with van der Waals surface area (Å²) in [5, 5.41) is 6.79. The molecule has 7 heteroatoms. The molecule has 0 radical (unpaired) electrons. The van der Waals surface area contributed by atoms with E-state index in [1.54, 1.807) is 6.20 Å². The molecule has 0 saturated carbocycles. The molecular formula is C19H29IN4OS. The minimum absolute atomic E-state index is 0. The molecule has 0 fully saturated rings. The van der Waals surface area contributed by atoms with Gasteiger partial charge in [-0.3, -0.25) is 0 Å². The van der Waals surface area contributed by atoms with Gasteiger partial charge in [0.1, 0.15) is 0 Å². The Morgan fingerprint density at radius 2 is 2.12 bits per heavy atom. The van der Waals surface area contributed by atoms with Crippen LogP contribution in [0.15, 0.2) is 35.5 Å². The molecule has 0 aliphatic heterocycles. The molecule has 0 amide bonds. The van der Waals surface area contributed by atoms with E-state index in [4.69, 9.17) is 9.73 Å². The van der Waals surface area contributed by atoms with Crippen LogP contribution >= 0.6 is 35.3 Å². The van der Waals surface area contributed by atoms with Crippen LogP contribution in [0.25, 0.3) is 0 Å². The van der Waals surface area contributed by atoms with Gasteiger partial charge in [0.2, 0.25) is 5.88 Å². The number of aliphatic imine (C=N–C) groups is 1. The fourth-order valence-electron chi connectivity index (χ4n) is 2.48. The van der Waals surface area contributed by atoms with Crippen molar-refractivity contribution in [2.24, 2.45) is 4.99 Å². The van der Waals surface area contributed by atoms with Gasteiger partial charge in [0, 0.05) is 40.5 Å². The van der Waals surface area contributed by atoms with Gasteiger partial charge in [-0.25, -0.2) is 9.98 Å². The van der Waals surface area contributed by atoms with Crippen LogP contribution in [-0.2, 0) is 13.0 Å². The Morgan fingerprint density at radius 1 is 1.31 bits per heavy atom. The highest BCUT2D eigenvalue weighted by Crippen LogP contribution is 2.17. The standard InChI is InChI=1S/C19H28N4OS.HI/c1-5-20-19(23-14(3)12-17-10-9-15(4)25-17)22-13-16-8-7-11-21-18(16)24-6-2;/h7-11,14H,5-6,12-13H2,1-4H3,(H2,20,22,23);1H. The fraction of sp³-hybridized carbons (Fsp3) is 0.474. The zero-order valence-corrected chi connectivity index (χ0v) is 19.1. The number of hydrogen-bond acceptors (Lipinski definition) is 4. The number of hydrogen-bond donors (Lipinski definition) is 2. The number of nitrogens with zero attached hydrogens (tertiary/aromatic N) is 2. The number of pyridine rings is 1. The molecule has 2 aromatic heterocycles. The summed E-state index contributed by atoms with van der Waals surface area (Å²) in [6.45, 7) is 10.3. The molecule has 2 rings (SSSR count). The zero-order chi connectivity index (χ0) is 18.1. The van der Waals surface area contributed by atoms with Gasteiger partial charge < -0.3 is 15.4 Å². The fourth-order valence-corrected chi connectivity index (χ4v) is 3.50. The predicted molar refractivity (Wildman–Crippen MR) is 121 cm³/mol. The minimum atomic E-state index is 0. The van der Waals surface area contributed by atoms with Crippen molar-refractivity contribution in [2.75, 3.05) is 13.2 Å². The predicted octanol–water partition coefficient (Wildman–Crippen LogP) is 4.15. The SMILES string of the molecule is CCNC(=NCc1cccnc1OCC)NC(C)Cc1ccc(C)s1.I. The largest absolute Gasteiger partial charge is 0.478 e. The molecule has 0 aliphatic rings. The minimum Gasteiger partial charge on any atom is -0.478 e. The molecule has 0 spiro atoms. The highest BCUT2D eigenvalue weighted by atomic mass is 127. The molecule has 0 bridgehead atoms. The van der Waals surface area contributed by atoms with Crippen molar-refractivity contribution in [3.8, 4) is 5.88 Å². The van der Waals surface area contributed by atoms with E-state index in [0.29, 0.717) is 25.1 Å². The van der Waals surface area contributed by atoms with Crippen LogP contribution in [0.5, 0.6) is 5.88 Å². The zero-order valence-electron chi connectivity index (χ0n) is 15.9. The molecule has 0 aromatic carbocycles. The Balaban J connectivity index is 0.00000338. The van der Waals surface area contributed by atoms with Gasteiger partial charge in [-0.15, -0.1) is 35.3 Å². The summed E-state index contributed by atoms with van der Waals surface area (Å²) in [6, 6.07) is 8.59. The Labute approximate surface area is 177 Å². The van der Waals surface area contributed by atoms with Gasteiger partial charge in [0.05, 0.1) is 13.2 Å². The molecule has 144 valence electrons. The number of aromatic nitrogens is 1. The summed E-state index contributed by atoms with van der Waals surface area (Å²) in [7, 11) is 0. The van der Waals surface area contributed by atoms with Crippen molar-refractivity contribution in [3.63, 3.8) is 0 Å². The summed E-state index contributed by atoms with van der Waals surface area (Å²) in [5.74, 6) is 1.47. The third-order valence-electron chi connectivity index (χ3n) is 3.57. The molecule has 0 aliphatic carbocycles. The van der Waals surface area contributed by atoms with Crippen LogP contribution in [0.3, 0.4) is 0 Å². The lowest BCUT2D eigenvalue weighted by Crippen LogP contribution is -2.43. The van der Waals surface area contributed by atoms with Gasteiger partial charge in [0.25, 0.3) is 0 Å². The molecule has 2 aromatic rings. The van der Waals surface area contributed by atoms with E-state index in [0.717, 1.165) is 24.5 Å². The molecule has 2 heterocycles. The topological polar surface area (TPSA) is 58.5 Å². The lowest BCUT2D eigenvalue weighted by Gasteiger charge is -2.17. The average molecular weight is 488 g/mol. The lowest BCUT2D eigenvalue weighted by molar-refractivity contribution is 0.323. The Morgan fingerprint density at radius 3 is 2.77 bits per heavy atom. The maximum Gasteiger partial charge on any atom is 0.218 e.